The van der Waals surface area contributed by atoms with Crippen LogP contribution in [-0.2, 0) is 6.42 Å². The molecular formula is C17H22O5. The molecule has 1 N–H and O–H groups in total. The maximum Gasteiger partial charge on any atom is 0.336 e. The van der Waals surface area contributed by atoms with E-state index in [1.807, 2.05) is 13.8 Å². The third-order valence-electron chi connectivity index (χ3n) is 3.74. The van der Waals surface area contributed by atoms with Crippen LogP contribution < -0.4 is 15.1 Å². The van der Waals surface area contributed by atoms with Gasteiger partial charge in [-0.2, -0.15) is 0 Å². The van der Waals surface area contributed by atoms with Crippen molar-refractivity contribution in [3.8, 4) is 11.5 Å². The average Bonchev–Trinajstić information content (AvgIpc) is 2.52. The second kappa shape index (κ2) is 6.83. The molecule has 1 aromatic carbocycles. The van der Waals surface area contributed by atoms with Gasteiger partial charge in [-0.1, -0.05) is 20.3 Å². The van der Waals surface area contributed by atoms with Crippen LogP contribution in [0.1, 0.15) is 43.9 Å². The van der Waals surface area contributed by atoms with Gasteiger partial charge in [0.1, 0.15) is 11.5 Å². The van der Waals surface area contributed by atoms with Crippen molar-refractivity contribution >= 4 is 11.0 Å². The van der Waals surface area contributed by atoms with Gasteiger partial charge in [0.05, 0.1) is 31.3 Å². The first-order chi connectivity index (χ1) is 10.6. The molecule has 22 heavy (non-hydrogen) atoms. The molecule has 2 rings (SSSR count). The van der Waals surface area contributed by atoms with E-state index >= 15 is 0 Å². The van der Waals surface area contributed by atoms with Gasteiger partial charge in [0.2, 0.25) is 0 Å². The van der Waals surface area contributed by atoms with Gasteiger partial charge in [0, 0.05) is 12.1 Å². The first-order valence-electron chi connectivity index (χ1n) is 7.46. The number of aliphatic hydroxyl groups excluding tert-OH is 1. The van der Waals surface area contributed by atoms with Crippen LogP contribution in [0.2, 0.25) is 0 Å². The molecule has 0 amide bonds. The van der Waals surface area contributed by atoms with E-state index in [0.717, 1.165) is 23.8 Å². The van der Waals surface area contributed by atoms with E-state index < -0.39 is 11.7 Å². The van der Waals surface area contributed by atoms with E-state index in [4.69, 9.17) is 13.9 Å². The van der Waals surface area contributed by atoms with E-state index in [0.29, 0.717) is 29.1 Å². The van der Waals surface area contributed by atoms with Crippen molar-refractivity contribution in [2.75, 3.05) is 14.2 Å². The Morgan fingerprint density at radius 3 is 2.41 bits per heavy atom. The minimum atomic E-state index is -0.775. The number of ether oxygens (including phenoxy) is 2. The second-order valence-corrected chi connectivity index (χ2v) is 5.16. The van der Waals surface area contributed by atoms with Crippen molar-refractivity contribution < 1.29 is 19.0 Å². The lowest BCUT2D eigenvalue weighted by molar-refractivity contribution is 0.169. The number of fused-ring (bicyclic) bond motifs is 1. The van der Waals surface area contributed by atoms with Crippen molar-refractivity contribution in [1.82, 2.24) is 0 Å². The Balaban J connectivity index is 2.95. The molecule has 0 saturated carbocycles. The van der Waals surface area contributed by atoms with E-state index in [2.05, 4.69) is 0 Å². The number of hydrogen-bond acceptors (Lipinski definition) is 5. The summed E-state index contributed by atoms with van der Waals surface area (Å²) < 4.78 is 16.2. The molecule has 1 unspecified atom stereocenters. The van der Waals surface area contributed by atoms with Crippen LogP contribution >= 0.6 is 0 Å². The van der Waals surface area contributed by atoms with E-state index in [9.17, 15) is 9.90 Å². The number of hydrogen-bond donors (Lipinski definition) is 1. The van der Waals surface area contributed by atoms with Crippen LogP contribution in [0.4, 0.5) is 0 Å². The van der Waals surface area contributed by atoms with Gasteiger partial charge in [-0.3, -0.25) is 0 Å². The van der Waals surface area contributed by atoms with Crippen LogP contribution in [0, 0.1) is 0 Å². The Bertz CT molecular complexity index is 717. The molecule has 5 nitrogen and oxygen atoms in total. The molecule has 5 heteroatoms. The Kier molecular flexibility index (Phi) is 5.08. The molecule has 0 fully saturated rings. The highest BCUT2D eigenvalue weighted by Gasteiger charge is 2.23. The molecule has 1 heterocycles. The first-order valence-corrected chi connectivity index (χ1v) is 7.46. The zero-order chi connectivity index (χ0) is 16.3. The third kappa shape index (κ3) is 2.81. The molecule has 0 aliphatic heterocycles. The van der Waals surface area contributed by atoms with Crippen molar-refractivity contribution in [2.45, 2.75) is 39.2 Å². The van der Waals surface area contributed by atoms with Gasteiger partial charge < -0.3 is 19.0 Å². The van der Waals surface area contributed by atoms with E-state index in [-0.39, 0.29) is 0 Å². The number of aliphatic hydroxyl groups is 1. The van der Waals surface area contributed by atoms with Crippen LogP contribution in [0.3, 0.4) is 0 Å². The molecule has 0 aliphatic carbocycles. The molecule has 0 spiro atoms. The van der Waals surface area contributed by atoms with Crippen LogP contribution in [0.25, 0.3) is 11.0 Å². The lowest BCUT2D eigenvalue weighted by Gasteiger charge is -2.18. The molecule has 2 aromatic rings. The third-order valence-corrected chi connectivity index (χ3v) is 3.74. The summed E-state index contributed by atoms with van der Waals surface area (Å²) in [6, 6.07) is 3.22. The molecule has 0 bridgehead atoms. The highest BCUT2D eigenvalue weighted by Crippen LogP contribution is 2.41. The number of aryl methyl sites for hydroxylation is 1. The Hall–Kier alpha value is -2.01. The van der Waals surface area contributed by atoms with Gasteiger partial charge in [-0.05, 0) is 18.4 Å². The van der Waals surface area contributed by atoms with Gasteiger partial charge in [0.25, 0.3) is 0 Å². The summed E-state index contributed by atoms with van der Waals surface area (Å²) in [4.78, 5) is 11.9. The summed E-state index contributed by atoms with van der Waals surface area (Å²) in [5, 5.41) is 11.1. The van der Waals surface area contributed by atoms with Crippen LogP contribution in [-0.4, -0.2) is 19.3 Å². The fourth-order valence-electron chi connectivity index (χ4n) is 2.70. The van der Waals surface area contributed by atoms with Crippen molar-refractivity contribution in [3.63, 3.8) is 0 Å². The summed E-state index contributed by atoms with van der Waals surface area (Å²) in [5.74, 6) is 1.03. The maximum absolute atomic E-state index is 11.9. The zero-order valence-electron chi connectivity index (χ0n) is 13.4. The zero-order valence-corrected chi connectivity index (χ0v) is 13.4. The summed E-state index contributed by atoms with van der Waals surface area (Å²) >= 11 is 0. The highest BCUT2D eigenvalue weighted by molar-refractivity contribution is 5.91. The van der Waals surface area contributed by atoms with Crippen LogP contribution in [0.15, 0.2) is 21.3 Å². The molecule has 0 radical (unpaired) electrons. The highest BCUT2D eigenvalue weighted by atomic mass is 16.5. The topological polar surface area (TPSA) is 68.9 Å². The van der Waals surface area contributed by atoms with E-state index in [1.54, 1.807) is 13.2 Å². The predicted octanol–water partition coefficient (Wildman–Crippen LogP) is 3.21. The van der Waals surface area contributed by atoms with Gasteiger partial charge in [-0.25, -0.2) is 4.79 Å². The minimum absolute atomic E-state index is 0.349. The quantitative estimate of drug-likeness (QED) is 0.830. The number of benzene rings is 1. The first kappa shape index (κ1) is 16.4. The largest absolute Gasteiger partial charge is 0.496 e. The molecular weight excluding hydrogens is 284 g/mol. The molecule has 1 aromatic heterocycles. The Morgan fingerprint density at radius 2 is 1.86 bits per heavy atom. The Labute approximate surface area is 129 Å². The normalized spacial score (nSPS) is 12.4. The fraction of sp³-hybridized carbons (Fsp3) is 0.471. The Morgan fingerprint density at radius 1 is 1.18 bits per heavy atom. The number of methoxy groups -OCH3 is 2. The average molecular weight is 306 g/mol. The summed E-state index contributed by atoms with van der Waals surface area (Å²) in [7, 11) is 3.07. The minimum Gasteiger partial charge on any atom is -0.496 e. The van der Waals surface area contributed by atoms with Gasteiger partial charge >= 0.3 is 5.63 Å². The smallest absolute Gasteiger partial charge is 0.336 e. The maximum atomic E-state index is 11.9. The monoisotopic (exact) mass is 306 g/mol. The van der Waals surface area contributed by atoms with E-state index in [1.165, 1.54) is 13.2 Å². The molecule has 1 atom stereocenters. The fourth-order valence-corrected chi connectivity index (χ4v) is 2.70. The second-order valence-electron chi connectivity index (χ2n) is 5.16. The molecule has 0 aliphatic rings. The van der Waals surface area contributed by atoms with Gasteiger partial charge in [-0.15, -0.1) is 0 Å². The molecule has 0 saturated heterocycles. The van der Waals surface area contributed by atoms with Crippen LogP contribution in [0.5, 0.6) is 11.5 Å². The molecule has 120 valence electrons. The lowest BCUT2D eigenvalue weighted by Crippen LogP contribution is -2.07. The van der Waals surface area contributed by atoms with Crippen molar-refractivity contribution in [3.05, 3.63) is 33.7 Å². The van der Waals surface area contributed by atoms with Gasteiger partial charge in [0.15, 0.2) is 5.58 Å². The summed E-state index contributed by atoms with van der Waals surface area (Å²) in [6.07, 6.45) is 1.33. The summed E-state index contributed by atoms with van der Waals surface area (Å²) in [6.45, 7) is 3.90. The lowest BCUT2D eigenvalue weighted by atomic mass is 9.97. The summed E-state index contributed by atoms with van der Waals surface area (Å²) in [5.41, 5.74) is 1.27. The number of rotatable bonds is 6. The SMILES string of the molecule is CCCc1cc(=O)oc2c(C(O)CC)c(OC)cc(OC)c12. The standard InChI is InChI=1S/C17H22O5/c1-5-7-10-8-14(19)22-17-15(10)12(20-3)9-13(21-4)16(17)11(18)6-2/h8-9,11,18H,5-7H2,1-4H3. The van der Waals surface area contributed by atoms with Crippen molar-refractivity contribution in [2.24, 2.45) is 0 Å². The van der Waals surface area contributed by atoms with Crippen molar-refractivity contribution in [1.29, 1.82) is 0 Å². The predicted molar refractivity (Wildman–Crippen MR) is 84.8 cm³/mol.